The van der Waals surface area contributed by atoms with Crippen LogP contribution in [0, 0.1) is 0 Å². The van der Waals surface area contributed by atoms with Gasteiger partial charge in [-0.1, -0.05) is 37.5 Å². The number of nitrogens with one attached hydrogen (secondary N) is 1. The fourth-order valence-electron chi connectivity index (χ4n) is 3.60. The molecule has 0 unspecified atom stereocenters. The number of hydrogen-bond donors (Lipinski definition) is 1. The standard InChI is InChI=1S/C23H29NO5S/c1-3-28-21(25)15-29-19-13-20(30-22(19)23(26)27-2)17-9-7-8-16(12-17)14-24-18-10-5-4-6-11-18/h7-9,12-13,18,24H,3-6,10-11,14-15H2,1-2H3. The first kappa shape index (κ1) is 22.3. The second-order valence-corrected chi connectivity index (χ2v) is 8.36. The highest BCUT2D eigenvalue weighted by Gasteiger charge is 2.20. The largest absolute Gasteiger partial charge is 0.480 e. The molecule has 1 N–H and O–H groups in total. The number of rotatable bonds is 9. The molecule has 3 rings (SSSR count). The van der Waals surface area contributed by atoms with Crippen LogP contribution in [0.2, 0.25) is 0 Å². The minimum Gasteiger partial charge on any atom is -0.480 e. The second-order valence-electron chi connectivity index (χ2n) is 7.31. The van der Waals surface area contributed by atoms with Crippen molar-refractivity contribution in [2.24, 2.45) is 0 Å². The molecule has 0 radical (unpaired) electrons. The van der Waals surface area contributed by atoms with Crippen molar-refractivity contribution in [3.63, 3.8) is 0 Å². The number of hydrogen-bond acceptors (Lipinski definition) is 7. The lowest BCUT2D eigenvalue weighted by Crippen LogP contribution is -2.30. The average Bonchev–Trinajstić information content (AvgIpc) is 3.21. The maximum atomic E-state index is 12.2. The quantitative estimate of drug-likeness (QED) is 0.587. The third-order valence-electron chi connectivity index (χ3n) is 5.13. The Kier molecular flexibility index (Phi) is 8.28. The highest BCUT2D eigenvalue weighted by molar-refractivity contribution is 7.17. The molecule has 0 amide bonds. The molecule has 0 aliphatic heterocycles. The van der Waals surface area contributed by atoms with E-state index in [2.05, 4.69) is 17.4 Å². The van der Waals surface area contributed by atoms with Gasteiger partial charge in [0.15, 0.2) is 11.5 Å². The molecule has 6 nitrogen and oxygen atoms in total. The summed E-state index contributed by atoms with van der Waals surface area (Å²) in [6.45, 7) is 2.58. The lowest BCUT2D eigenvalue weighted by Gasteiger charge is -2.23. The van der Waals surface area contributed by atoms with Crippen molar-refractivity contribution < 1.29 is 23.8 Å². The maximum absolute atomic E-state index is 12.2. The molecular weight excluding hydrogens is 402 g/mol. The first-order valence-electron chi connectivity index (χ1n) is 10.4. The van der Waals surface area contributed by atoms with Gasteiger partial charge < -0.3 is 19.5 Å². The van der Waals surface area contributed by atoms with Gasteiger partial charge in [-0.3, -0.25) is 0 Å². The van der Waals surface area contributed by atoms with Crippen LogP contribution in [-0.2, 0) is 20.8 Å². The van der Waals surface area contributed by atoms with E-state index >= 15 is 0 Å². The van der Waals surface area contributed by atoms with E-state index in [0.29, 0.717) is 16.7 Å². The van der Waals surface area contributed by atoms with Crippen LogP contribution in [0.15, 0.2) is 30.3 Å². The summed E-state index contributed by atoms with van der Waals surface area (Å²) in [6, 6.07) is 10.6. The van der Waals surface area contributed by atoms with E-state index in [-0.39, 0.29) is 13.2 Å². The Hall–Kier alpha value is -2.38. The van der Waals surface area contributed by atoms with Gasteiger partial charge in [0.05, 0.1) is 13.7 Å². The molecule has 0 saturated heterocycles. The van der Waals surface area contributed by atoms with Gasteiger partial charge in [-0.05, 0) is 43.0 Å². The van der Waals surface area contributed by atoms with Gasteiger partial charge in [0.1, 0.15) is 5.75 Å². The molecule has 162 valence electrons. The van der Waals surface area contributed by atoms with Crippen molar-refractivity contribution in [2.75, 3.05) is 20.3 Å². The van der Waals surface area contributed by atoms with E-state index in [1.54, 1.807) is 13.0 Å². The normalized spacial score (nSPS) is 14.3. The fourth-order valence-corrected chi connectivity index (χ4v) is 4.62. The first-order valence-corrected chi connectivity index (χ1v) is 11.3. The zero-order valence-electron chi connectivity index (χ0n) is 17.6. The summed E-state index contributed by atoms with van der Waals surface area (Å²) < 4.78 is 15.3. The van der Waals surface area contributed by atoms with Crippen molar-refractivity contribution in [1.82, 2.24) is 5.32 Å². The Labute approximate surface area is 181 Å². The first-order chi connectivity index (χ1) is 14.6. The van der Waals surface area contributed by atoms with Gasteiger partial charge >= 0.3 is 11.9 Å². The molecule has 7 heteroatoms. The molecule has 1 fully saturated rings. The number of carbonyl (C=O) groups is 2. The minimum atomic E-state index is -0.486. The molecule has 0 bridgehead atoms. The molecule has 2 aromatic rings. The van der Waals surface area contributed by atoms with Gasteiger partial charge in [0.2, 0.25) is 0 Å². The van der Waals surface area contributed by atoms with Crippen molar-refractivity contribution in [3.8, 4) is 16.2 Å². The summed E-state index contributed by atoms with van der Waals surface area (Å²) in [5, 5.41) is 3.66. The smallest absolute Gasteiger partial charge is 0.351 e. The molecule has 1 aliphatic carbocycles. The summed E-state index contributed by atoms with van der Waals surface area (Å²) in [7, 11) is 1.33. The fraction of sp³-hybridized carbons (Fsp3) is 0.478. The van der Waals surface area contributed by atoms with E-state index in [1.807, 2.05) is 12.1 Å². The molecule has 1 aliphatic rings. The van der Waals surface area contributed by atoms with Gasteiger partial charge in [0.25, 0.3) is 0 Å². The Morgan fingerprint density at radius 2 is 1.97 bits per heavy atom. The third kappa shape index (κ3) is 6.06. The van der Waals surface area contributed by atoms with Gasteiger partial charge in [0, 0.05) is 17.5 Å². The van der Waals surface area contributed by atoms with Crippen LogP contribution in [0.4, 0.5) is 0 Å². The number of methoxy groups -OCH3 is 1. The molecule has 1 heterocycles. The average molecular weight is 432 g/mol. The predicted molar refractivity (Wildman–Crippen MR) is 117 cm³/mol. The highest BCUT2D eigenvalue weighted by Crippen LogP contribution is 2.37. The van der Waals surface area contributed by atoms with E-state index in [0.717, 1.165) is 17.0 Å². The summed E-state index contributed by atoms with van der Waals surface area (Å²) >= 11 is 1.29. The van der Waals surface area contributed by atoms with E-state index in [1.165, 1.54) is 56.1 Å². The Balaban J connectivity index is 1.73. The third-order valence-corrected chi connectivity index (χ3v) is 6.28. The predicted octanol–water partition coefficient (Wildman–Crippen LogP) is 4.57. The van der Waals surface area contributed by atoms with Gasteiger partial charge in [-0.25, -0.2) is 9.59 Å². The van der Waals surface area contributed by atoms with Crippen LogP contribution in [0.1, 0.15) is 54.3 Å². The maximum Gasteiger partial charge on any atom is 0.351 e. The van der Waals surface area contributed by atoms with Gasteiger partial charge in [-0.15, -0.1) is 11.3 Å². The number of esters is 2. The Bertz CT molecular complexity index is 857. The molecule has 1 aromatic heterocycles. The summed E-state index contributed by atoms with van der Waals surface area (Å²) in [5.74, 6) is -0.627. The second kappa shape index (κ2) is 11.1. The van der Waals surface area contributed by atoms with Crippen LogP contribution in [0.3, 0.4) is 0 Å². The van der Waals surface area contributed by atoms with Crippen molar-refractivity contribution in [1.29, 1.82) is 0 Å². The van der Waals surface area contributed by atoms with Crippen LogP contribution >= 0.6 is 11.3 Å². The summed E-state index contributed by atoms with van der Waals surface area (Å²) in [4.78, 5) is 25.0. The number of thiophene rings is 1. The SMILES string of the molecule is CCOC(=O)COc1cc(-c2cccc(CNC3CCCCC3)c2)sc1C(=O)OC. The Morgan fingerprint density at radius 3 is 2.70 bits per heavy atom. The summed E-state index contributed by atoms with van der Waals surface area (Å²) in [6.07, 6.45) is 6.44. The number of carbonyl (C=O) groups excluding carboxylic acids is 2. The monoisotopic (exact) mass is 431 g/mol. The molecular formula is C23H29NO5S. The van der Waals surface area contributed by atoms with Gasteiger partial charge in [-0.2, -0.15) is 0 Å². The number of benzene rings is 1. The molecule has 0 spiro atoms. The topological polar surface area (TPSA) is 73.9 Å². The molecule has 1 aromatic carbocycles. The van der Waals surface area contributed by atoms with Crippen LogP contribution in [0.25, 0.3) is 10.4 Å². The molecule has 1 saturated carbocycles. The zero-order valence-corrected chi connectivity index (χ0v) is 18.4. The van der Waals surface area contributed by atoms with Crippen molar-refractivity contribution in [3.05, 3.63) is 40.8 Å². The zero-order chi connectivity index (χ0) is 21.3. The minimum absolute atomic E-state index is 0.251. The lowest BCUT2D eigenvalue weighted by atomic mass is 9.95. The van der Waals surface area contributed by atoms with Crippen molar-refractivity contribution >= 4 is 23.3 Å². The van der Waals surface area contributed by atoms with E-state index in [9.17, 15) is 9.59 Å². The highest BCUT2D eigenvalue weighted by atomic mass is 32.1. The number of ether oxygens (including phenoxy) is 3. The van der Waals surface area contributed by atoms with E-state index in [4.69, 9.17) is 14.2 Å². The van der Waals surface area contributed by atoms with Crippen LogP contribution in [-0.4, -0.2) is 38.3 Å². The molecule has 30 heavy (non-hydrogen) atoms. The van der Waals surface area contributed by atoms with Crippen LogP contribution < -0.4 is 10.1 Å². The summed E-state index contributed by atoms with van der Waals surface area (Å²) in [5.41, 5.74) is 2.19. The lowest BCUT2D eigenvalue weighted by molar-refractivity contribution is -0.145. The van der Waals surface area contributed by atoms with Crippen molar-refractivity contribution in [2.45, 2.75) is 51.6 Å². The van der Waals surface area contributed by atoms with E-state index < -0.39 is 11.9 Å². The molecule has 0 atom stereocenters. The Morgan fingerprint density at radius 1 is 1.17 bits per heavy atom. The van der Waals surface area contributed by atoms with Crippen LogP contribution in [0.5, 0.6) is 5.75 Å².